The maximum atomic E-state index is 12.6. The largest absolute Gasteiger partial charge is 0.339 e. The second-order valence-electron chi connectivity index (χ2n) is 6.91. The van der Waals surface area contributed by atoms with Crippen LogP contribution in [0.3, 0.4) is 0 Å². The summed E-state index contributed by atoms with van der Waals surface area (Å²) in [5.74, 6) is 0.236. The number of carbonyl (C=O) groups is 1. The van der Waals surface area contributed by atoms with Crippen LogP contribution in [0.4, 0.5) is 0 Å². The predicted octanol–water partition coefficient (Wildman–Crippen LogP) is 2.33. The highest BCUT2D eigenvalue weighted by molar-refractivity contribution is 7.10. The Labute approximate surface area is 148 Å². The first-order valence-electron chi connectivity index (χ1n) is 8.80. The third kappa shape index (κ3) is 3.64. The lowest BCUT2D eigenvalue weighted by molar-refractivity contribution is -0.135. The summed E-state index contributed by atoms with van der Waals surface area (Å²) < 4.78 is 0. The second kappa shape index (κ2) is 7.64. The molecule has 5 nitrogen and oxygen atoms in total. The van der Waals surface area contributed by atoms with Crippen LogP contribution in [0, 0.1) is 11.3 Å². The average molecular weight is 347 g/mol. The van der Waals surface area contributed by atoms with Gasteiger partial charge in [-0.25, -0.2) is 0 Å². The van der Waals surface area contributed by atoms with Crippen molar-refractivity contribution in [3.8, 4) is 6.07 Å². The van der Waals surface area contributed by atoms with Gasteiger partial charge in [0, 0.05) is 43.1 Å². The van der Waals surface area contributed by atoms with E-state index in [4.69, 9.17) is 0 Å². The third-order valence-corrected chi connectivity index (χ3v) is 6.34. The summed E-state index contributed by atoms with van der Waals surface area (Å²) in [6.45, 7) is 7.95. The van der Waals surface area contributed by atoms with Crippen LogP contribution in [0.1, 0.15) is 37.6 Å². The molecule has 3 rings (SSSR count). The molecule has 2 aliphatic rings. The van der Waals surface area contributed by atoms with Crippen molar-refractivity contribution in [3.63, 3.8) is 0 Å². The molecular weight excluding hydrogens is 320 g/mol. The molecule has 0 saturated carbocycles. The van der Waals surface area contributed by atoms with Gasteiger partial charge in [0.05, 0.1) is 12.6 Å². The Morgan fingerprint density at radius 2 is 1.96 bits per heavy atom. The van der Waals surface area contributed by atoms with Crippen LogP contribution in [0.5, 0.6) is 0 Å². The van der Waals surface area contributed by atoms with E-state index >= 15 is 0 Å². The number of nitriles is 1. The molecule has 0 radical (unpaired) electrons. The highest BCUT2D eigenvalue weighted by atomic mass is 32.1. The topological polar surface area (TPSA) is 50.6 Å². The fourth-order valence-corrected chi connectivity index (χ4v) is 4.62. The van der Waals surface area contributed by atoms with Crippen LogP contribution in [-0.4, -0.2) is 65.4 Å². The van der Waals surface area contributed by atoms with Gasteiger partial charge in [0.1, 0.15) is 6.04 Å². The van der Waals surface area contributed by atoms with E-state index in [1.54, 1.807) is 11.3 Å². The van der Waals surface area contributed by atoms with Crippen molar-refractivity contribution >= 4 is 17.2 Å². The maximum Gasteiger partial charge on any atom is 0.236 e. The van der Waals surface area contributed by atoms with Crippen molar-refractivity contribution in [2.45, 2.75) is 44.8 Å². The standard InChI is InChI=1S/C18H26N4OS/c1-14-5-6-15(2)22(14)13-18(23)21-9-7-20(8-10-21)16(12-19)17-4-3-11-24-17/h3-4,11,14-16H,5-10,13H2,1-2H3/t14-,15-,16-/m1/s1. The molecule has 1 aromatic rings. The van der Waals surface area contributed by atoms with Crippen molar-refractivity contribution in [2.24, 2.45) is 0 Å². The van der Waals surface area contributed by atoms with E-state index in [1.807, 2.05) is 22.4 Å². The van der Waals surface area contributed by atoms with Gasteiger partial charge in [-0.15, -0.1) is 11.3 Å². The maximum absolute atomic E-state index is 12.6. The summed E-state index contributed by atoms with van der Waals surface area (Å²) in [5, 5.41) is 11.5. The number of piperazine rings is 1. The van der Waals surface area contributed by atoms with Crippen LogP contribution in [-0.2, 0) is 4.79 Å². The van der Waals surface area contributed by atoms with Gasteiger partial charge in [-0.2, -0.15) is 5.26 Å². The average Bonchev–Trinajstić information content (AvgIpc) is 3.22. The predicted molar refractivity (Wildman–Crippen MR) is 95.7 cm³/mol. The molecule has 3 heterocycles. The van der Waals surface area contributed by atoms with Crippen molar-refractivity contribution in [1.29, 1.82) is 5.26 Å². The summed E-state index contributed by atoms with van der Waals surface area (Å²) >= 11 is 1.63. The number of rotatable bonds is 4. The Kier molecular flexibility index (Phi) is 5.54. The van der Waals surface area contributed by atoms with Crippen molar-refractivity contribution in [1.82, 2.24) is 14.7 Å². The van der Waals surface area contributed by atoms with E-state index in [0.717, 1.165) is 31.1 Å². The second-order valence-corrected chi connectivity index (χ2v) is 7.89. The number of hydrogen-bond acceptors (Lipinski definition) is 5. The zero-order valence-corrected chi connectivity index (χ0v) is 15.3. The quantitative estimate of drug-likeness (QED) is 0.840. The zero-order valence-electron chi connectivity index (χ0n) is 14.5. The summed E-state index contributed by atoms with van der Waals surface area (Å²) in [6.07, 6.45) is 2.37. The highest BCUT2D eigenvalue weighted by Crippen LogP contribution is 2.26. The van der Waals surface area contributed by atoms with Gasteiger partial charge in [-0.3, -0.25) is 14.6 Å². The first kappa shape index (κ1) is 17.4. The van der Waals surface area contributed by atoms with Crippen LogP contribution < -0.4 is 0 Å². The Bertz CT molecular complexity index is 579. The molecule has 1 aromatic heterocycles. The highest BCUT2D eigenvalue weighted by Gasteiger charge is 2.32. The fraction of sp³-hybridized carbons (Fsp3) is 0.667. The number of hydrogen-bond donors (Lipinski definition) is 0. The van der Waals surface area contributed by atoms with Crippen LogP contribution >= 0.6 is 11.3 Å². The Hall–Kier alpha value is -1.42. The summed E-state index contributed by atoms with van der Waals surface area (Å²) in [5.41, 5.74) is 0. The van der Waals surface area contributed by atoms with E-state index in [2.05, 4.69) is 29.7 Å². The van der Waals surface area contributed by atoms with E-state index in [9.17, 15) is 10.1 Å². The molecule has 0 aliphatic carbocycles. The normalized spacial score (nSPS) is 27.1. The van der Waals surface area contributed by atoms with Gasteiger partial charge < -0.3 is 4.90 Å². The van der Waals surface area contributed by atoms with Gasteiger partial charge in [-0.05, 0) is 38.1 Å². The molecule has 0 aromatic carbocycles. The molecule has 2 saturated heterocycles. The minimum Gasteiger partial charge on any atom is -0.339 e. The molecule has 24 heavy (non-hydrogen) atoms. The number of likely N-dealkylation sites (tertiary alicyclic amines) is 1. The SMILES string of the molecule is C[C@@H]1CC[C@@H](C)N1CC(=O)N1CCN([C@H](C#N)c2cccs2)CC1. The molecule has 3 atom stereocenters. The molecule has 2 fully saturated rings. The Morgan fingerprint density at radius 3 is 2.50 bits per heavy atom. The van der Waals surface area contributed by atoms with E-state index < -0.39 is 0 Å². The summed E-state index contributed by atoms with van der Waals surface area (Å²) in [4.78, 5) is 20.2. The number of thiophene rings is 1. The summed E-state index contributed by atoms with van der Waals surface area (Å²) in [7, 11) is 0. The molecule has 0 bridgehead atoms. The molecule has 0 N–H and O–H groups in total. The minimum absolute atomic E-state index is 0.180. The van der Waals surface area contributed by atoms with E-state index in [-0.39, 0.29) is 11.9 Å². The number of nitrogens with zero attached hydrogens (tertiary/aromatic N) is 4. The lowest BCUT2D eigenvalue weighted by Crippen LogP contribution is -2.52. The van der Waals surface area contributed by atoms with Crippen LogP contribution in [0.25, 0.3) is 0 Å². The monoisotopic (exact) mass is 346 g/mol. The van der Waals surface area contributed by atoms with Gasteiger partial charge in [0.2, 0.25) is 5.91 Å². The molecule has 1 amide bonds. The zero-order chi connectivity index (χ0) is 17.1. The number of amides is 1. The minimum atomic E-state index is -0.180. The Balaban J connectivity index is 1.53. The van der Waals surface area contributed by atoms with E-state index in [1.165, 1.54) is 12.8 Å². The molecule has 2 aliphatic heterocycles. The van der Waals surface area contributed by atoms with E-state index in [0.29, 0.717) is 18.6 Å². The molecule has 130 valence electrons. The Morgan fingerprint density at radius 1 is 1.29 bits per heavy atom. The van der Waals surface area contributed by atoms with Crippen molar-refractivity contribution in [3.05, 3.63) is 22.4 Å². The molecule has 0 unspecified atom stereocenters. The lowest BCUT2D eigenvalue weighted by atomic mass is 10.2. The van der Waals surface area contributed by atoms with Crippen LogP contribution in [0.2, 0.25) is 0 Å². The number of carbonyl (C=O) groups excluding carboxylic acids is 1. The van der Waals surface area contributed by atoms with Gasteiger partial charge in [-0.1, -0.05) is 6.07 Å². The third-order valence-electron chi connectivity index (χ3n) is 5.42. The van der Waals surface area contributed by atoms with Crippen LogP contribution in [0.15, 0.2) is 17.5 Å². The molecular formula is C18H26N4OS. The first-order chi connectivity index (χ1) is 11.6. The van der Waals surface area contributed by atoms with Gasteiger partial charge in [0.15, 0.2) is 0 Å². The lowest BCUT2D eigenvalue weighted by Gasteiger charge is -2.38. The first-order valence-corrected chi connectivity index (χ1v) is 9.68. The fourth-order valence-electron chi connectivity index (χ4n) is 3.82. The molecule has 0 spiro atoms. The smallest absolute Gasteiger partial charge is 0.236 e. The van der Waals surface area contributed by atoms with Crippen molar-refractivity contribution < 1.29 is 4.79 Å². The van der Waals surface area contributed by atoms with Crippen molar-refractivity contribution in [2.75, 3.05) is 32.7 Å². The molecule has 6 heteroatoms. The van der Waals surface area contributed by atoms with Gasteiger partial charge in [0.25, 0.3) is 0 Å². The summed E-state index contributed by atoms with van der Waals surface area (Å²) in [6, 6.07) is 7.26. The van der Waals surface area contributed by atoms with Gasteiger partial charge >= 0.3 is 0 Å².